The predicted octanol–water partition coefficient (Wildman–Crippen LogP) is 1.86. The average Bonchev–Trinajstić information content (AvgIpc) is 2.30. The van der Waals surface area contributed by atoms with Gasteiger partial charge in [0.25, 0.3) is 0 Å². The third-order valence-corrected chi connectivity index (χ3v) is 2.53. The Morgan fingerprint density at radius 2 is 2.00 bits per heavy atom. The fraction of sp³-hybridized carbons (Fsp3) is 0.917. The van der Waals surface area contributed by atoms with Crippen LogP contribution in [0.5, 0.6) is 0 Å². The molecule has 0 aromatic rings. The Morgan fingerprint density at radius 3 is 2.56 bits per heavy atom. The number of carbonyl (C=O) groups is 1. The van der Waals surface area contributed by atoms with E-state index in [-0.39, 0.29) is 12.7 Å². The van der Waals surface area contributed by atoms with E-state index in [2.05, 4.69) is 11.7 Å². The molecule has 0 aliphatic heterocycles. The highest BCUT2D eigenvalue weighted by Gasteiger charge is 2.14. The molecular formula is C12H25NO3. The first-order chi connectivity index (χ1) is 7.61. The molecule has 16 heavy (non-hydrogen) atoms. The molecule has 0 aliphatic rings. The van der Waals surface area contributed by atoms with Crippen molar-refractivity contribution in [3.63, 3.8) is 0 Å². The second-order valence-corrected chi connectivity index (χ2v) is 4.12. The third-order valence-electron chi connectivity index (χ3n) is 2.53. The molecular weight excluding hydrogens is 206 g/mol. The van der Waals surface area contributed by atoms with Crippen LogP contribution in [0.4, 0.5) is 0 Å². The number of carbonyl (C=O) groups excluding carboxylic acids is 1. The van der Waals surface area contributed by atoms with Gasteiger partial charge in [0.2, 0.25) is 0 Å². The molecule has 2 atom stereocenters. The highest BCUT2D eigenvalue weighted by atomic mass is 16.5. The Balaban J connectivity index is 3.49. The van der Waals surface area contributed by atoms with E-state index in [0.29, 0.717) is 0 Å². The van der Waals surface area contributed by atoms with Crippen molar-refractivity contribution in [3.8, 4) is 0 Å². The van der Waals surface area contributed by atoms with Crippen molar-refractivity contribution in [2.45, 2.75) is 58.1 Å². The molecule has 2 N–H and O–H groups in total. The number of hydrogen-bond donors (Lipinski definition) is 1. The monoisotopic (exact) mass is 231 g/mol. The molecule has 2 unspecified atom stereocenters. The molecule has 4 heteroatoms. The van der Waals surface area contributed by atoms with E-state index in [0.717, 1.165) is 6.42 Å². The van der Waals surface area contributed by atoms with Crippen LogP contribution in [-0.2, 0) is 14.3 Å². The van der Waals surface area contributed by atoms with Crippen molar-refractivity contribution in [1.29, 1.82) is 0 Å². The standard InChI is InChI=1S/C12H25NO3/c1-4-5-6-7-8-10(2)16-9-11(13)12(14)15-3/h10-11H,4-9,13H2,1-3H3. The van der Waals surface area contributed by atoms with Crippen LogP contribution in [0.2, 0.25) is 0 Å². The summed E-state index contributed by atoms with van der Waals surface area (Å²) in [5.74, 6) is -0.418. The van der Waals surface area contributed by atoms with Gasteiger partial charge < -0.3 is 15.2 Å². The molecule has 0 bridgehead atoms. The first-order valence-corrected chi connectivity index (χ1v) is 6.06. The van der Waals surface area contributed by atoms with Gasteiger partial charge in [-0.3, -0.25) is 4.79 Å². The summed E-state index contributed by atoms with van der Waals surface area (Å²) in [7, 11) is 1.33. The molecule has 0 heterocycles. The minimum atomic E-state index is -0.664. The molecule has 0 radical (unpaired) electrons. The summed E-state index contributed by atoms with van der Waals surface area (Å²) in [5, 5.41) is 0. The highest BCUT2D eigenvalue weighted by molar-refractivity contribution is 5.75. The molecule has 0 spiro atoms. The number of unbranched alkanes of at least 4 members (excludes halogenated alkanes) is 3. The maximum Gasteiger partial charge on any atom is 0.325 e. The fourth-order valence-corrected chi connectivity index (χ4v) is 1.43. The van der Waals surface area contributed by atoms with Gasteiger partial charge in [0.05, 0.1) is 19.8 Å². The van der Waals surface area contributed by atoms with Crippen molar-refractivity contribution >= 4 is 5.97 Å². The summed E-state index contributed by atoms with van der Waals surface area (Å²) >= 11 is 0. The van der Waals surface area contributed by atoms with Crippen LogP contribution in [0.15, 0.2) is 0 Å². The quantitative estimate of drug-likeness (QED) is 0.486. The molecule has 96 valence electrons. The molecule has 0 saturated carbocycles. The predicted molar refractivity (Wildman–Crippen MR) is 64.2 cm³/mol. The summed E-state index contributed by atoms with van der Waals surface area (Å²) in [6.07, 6.45) is 6.10. The van der Waals surface area contributed by atoms with Crippen LogP contribution in [0, 0.1) is 0 Å². The van der Waals surface area contributed by atoms with Crippen LogP contribution < -0.4 is 5.73 Å². The van der Waals surface area contributed by atoms with E-state index in [1.807, 2.05) is 6.92 Å². The summed E-state index contributed by atoms with van der Waals surface area (Å²) in [6.45, 7) is 4.44. The molecule has 0 rings (SSSR count). The van der Waals surface area contributed by atoms with E-state index in [1.165, 1.54) is 32.8 Å². The smallest absolute Gasteiger partial charge is 0.325 e. The Morgan fingerprint density at radius 1 is 1.31 bits per heavy atom. The van der Waals surface area contributed by atoms with Crippen molar-refractivity contribution in [2.24, 2.45) is 5.73 Å². The zero-order valence-corrected chi connectivity index (χ0v) is 10.7. The lowest BCUT2D eigenvalue weighted by atomic mass is 10.1. The van der Waals surface area contributed by atoms with Gasteiger partial charge in [-0.25, -0.2) is 0 Å². The molecule has 0 aromatic heterocycles. The van der Waals surface area contributed by atoms with Crippen molar-refractivity contribution in [2.75, 3.05) is 13.7 Å². The van der Waals surface area contributed by atoms with Crippen LogP contribution in [0.25, 0.3) is 0 Å². The Kier molecular flexibility index (Phi) is 9.24. The lowest BCUT2D eigenvalue weighted by Gasteiger charge is -2.15. The number of nitrogens with two attached hydrogens (primary N) is 1. The number of hydrogen-bond acceptors (Lipinski definition) is 4. The van der Waals surface area contributed by atoms with Gasteiger partial charge >= 0.3 is 5.97 Å². The third kappa shape index (κ3) is 7.65. The Labute approximate surface area is 98.5 Å². The SMILES string of the molecule is CCCCCCC(C)OCC(N)C(=O)OC. The first kappa shape index (κ1) is 15.4. The van der Waals surface area contributed by atoms with Crippen molar-refractivity contribution < 1.29 is 14.3 Å². The minimum Gasteiger partial charge on any atom is -0.468 e. The van der Waals surface area contributed by atoms with Crippen molar-refractivity contribution in [3.05, 3.63) is 0 Å². The summed E-state index contributed by atoms with van der Waals surface area (Å²) in [5.41, 5.74) is 5.55. The van der Waals surface area contributed by atoms with Gasteiger partial charge in [-0.1, -0.05) is 32.6 Å². The Hall–Kier alpha value is -0.610. The van der Waals surface area contributed by atoms with E-state index < -0.39 is 12.0 Å². The fourth-order valence-electron chi connectivity index (χ4n) is 1.43. The van der Waals surface area contributed by atoms with E-state index in [1.54, 1.807) is 0 Å². The van der Waals surface area contributed by atoms with Gasteiger partial charge in [-0.15, -0.1) is 0 Å². The van der Waals surface area contributed by atoms with Gasteiger partial charge in [0.15, 0.2) is 0 Å². The van der Waals surface area contributed by atoms with E-state index in [9.17, 15) is 4.79 Å². The maximum absolute atomic E-state index is 11.0. The van der Waals surface area contributed by atoms with Crippen LogP contribution in [-0.4, -0.2) is 31.8 Å². The number of ether oxygens (including phenoxy) is 2. The molecule has 0 aromatic carbocycles. The van der Waals surface area contributed by atoms with E-state index >= 15 is 0 Å². The molecule has 0 fully saturated rings. The van der Waals surface area contributed by atoms with Crippen LogP contribution in [0.3, 0.4) is 0 Å². The molecule has 0 aliphatic carbocycles. The van der Waals surface area contributed by atoms with Gasteiger partial charge in [0, 0.05) is 0 Å². The second kappa shape index (κ2) is 9.60. The normalized spacial score (nSPS) is 14.5. The van der Waals surface area contributed by atoms with Gasteiger partial charge in [0.1, 0.15) is 6.04 Å². The second-order valence-electron chi connectivity index (χ2n) is 4.12. The first-order valence-electron chi connectivity index (χ1n) is 6.06. The summed E-state index contributed by atoms with van der Waals surface area (Å²) < 4.78 is 9.99. The summed E-state index contributed by atoms with van der Waals surface area (Å²) in [4.78, 5) is 11.0. The minimum absolute atomic E-state index is 0.160. The van der Waals surface area contributed by atoms with Gasteiger partial charge in [-0.05, 0) is 13.3 Å². The molecule has 0 amide bonds. The number of esters is 1. The Bertz CT molecular complexity index is 185. The maximum atomic E-state index is 11.0. The molecule has 0 saturated heterocycles. The van der Waals surface area contributed by atoms with Crippen LogP contribution >= 0.6 is 0 Å². The lowest BCUT2D eigenvalue weighted by Crippen LogP contribution is -2.37. The topological polar surface area (TPSA) is 61.5 Å². The van der Waals surface area contributed by atoms with Crippen LogP contribution in [0.1, 0.15) is 46.0 Å². The zero-order chi connectivity index (χ0) is 12.4. The van der Waals surface area contributed by atoms with Crippen molar-refractivity contribution in [1.82, 2.24) is 0 Å². The highest BCUT2D eigenvalue weighted by Crippen LogP contribution is 2.08. The number of rotatable bonds is 9. The number of methoxy groups -OCH3 is 1. The molecule has 4 nitrogen and oxygen atoms in total. The lowest BCUT2D eigenvalue weighted by molar-refractivity contribution is -0.144. The summed E-state index contributed by atoms with van der Waals surface area (Å²) in [6, 6.07) is -0.664. The van der Waals surface area contributed by atoms with Gasteiger partial charge in [-0.2, -0.15) is 0 Å². The average molecular weight is 231 g/mol. The zero-order valence-electron chi connectivity index (χ0n) is 10.7. The van der Waals surface area contributed by atoms with E-state index in [4.69, 9.17) is 10.5 Å². The largest absolute Gasteiger partial charge is 0.468 e.